The molecule has 2 aromatic rings. The van der Waals surface area contributed by atoms with Gasteiger partial charge in [-0.1, -0.05) is 0 Å². The first-order chi connectivity index (χ1) is 11.6. The molecule has 1 aromatic carbocycles. The molecule has 0 unspecified atom stereocenters. The Hall–Kier alpha value is -2.96. The molecular weight excluding hydrogens is 308 g/mol. The van der Waals surface area contributed by atoms with Crippen LogP contribution in [0.4, 0.5) is 22.0 Å². The van der Waals surface area contributed by atoms with Crippen LogP contribution in [0.3, 0.4) is 0 Å². The Balaban J connectivity index is 1.63. The Kier molecular flexibility index (Phi) is 4.69. The van der Waals surface area contributed by atoms with Gasteiger partial charge in [0.1, 0.15) is 19.0 Å². The molecule has 0 bridgehead atoms. The number of ether oxygens (including phenoxy) is 2. The van der Waals surface area contributed by atoms with Crippen molar-refractivity contribution < 1.29 is 14.3 Å². The van der Waals surface area contributed by atoms with Crippen LogP contribution in [0, 0.1) is 0 Å². The first-order valence-corrected chi connectivity index (χ1v) is 7.80. The molecule has 1 aliphatic rings. The Morgan fingerprint density at radius 2 is 1.83 bits per heavy atom. The maximum Gasteiger partial charge on any atom is 0.320 e. The molecule has 2 heterocycles. The molecule has 7 nitrogen and oxygen atoms in total. The number of urea groups is 1. The molecule has 0 radical (unpaired) electrons. The van der Waals surface area contributed by atoms with E-state index < -0.39 is 0 Å². The Morgan fingerprint density at radius 1 is 1.08 bits per heavy atom. The van der Waals surface area contributed by atoms with Crippen molar-refractivity contribution in [2.75, 3.05) is 23.8 Å². The molecule has 2 amide bonds. The second-order valence-electron chi connectivity index (χ2n) is 5.67. The van der Waals surface area contributed by atoms with E-state index in [9.17, 15) is 4.79 Å². The number of hydrogen-bond acceptors (Lipinski definition) is 5. The maximum absolute atomic E-state index is 11.6. The number of carbonyl (C=O) groups excluding carboxylic acids is 1. The zero-order valence-electron chi connectivity index (χ0n) is 13.6. The van der Waals surface area contributed by atoms with Gasteiger partial charge < -0.3 is 20.1 Å². The fraction of sp³-hybridized carbons (Fsp3) is 0.294. The summed E-state index contributed by atoms with van der Waals surface area (Å²) in [5, 5.41) is 8.66. The summed E-state index contributed by atoms with van der Waals surface area (Å²) in [4.78, 5) is 15.9. The van der Waals surface area contributed by atoms with Gasteiger partial charge in [0.15, 0.2) is 11.5 Å². The summed E-state index contributed by atoms with van der Waals surface area (Å²) in [7, 11) is 0. The van der Waals surface area contributed by atoms with Crippen molar-refractivity contribution >= 4 is 23.2 Å². The minimum Gasteiger partial charge on any atom is -0.486 e. The minimum absolute atomic E-state index is 0.0705. The van der Waals surface area contributed by atoms with E-state index in [0.717, 1.165) is 22.9 Å². The summed E-state index contributed by atoms with van der Waals surface area (Å²) in [6.45, 7) is 4.92. The van der Waals surface area contributed by atoms with Gasteiger partial charge >= 0.3 is 6.03 Å². The molecule has 3 N–H and O–H groups in total. The van der Waals surface area contributed by atoms with Gasteiger partial charge in [-0.05, 0) is 38.1 Å². The van der Waals surface area contributed by atoms with Crippen molar-refractivity contribution in [3.05, 3.63) is 36.5 Å². The summed E-state index contributed by atoms with van der Waals surface area (Å²) < 4.78 is 11.1. The van der Waals surface area contributed by atoms with Crippen molar-refractivity contribution in [3.63, 3.8) is 0 Å². The maximum atomic E-state index is 11.6. The number of hydrogen-bond donors (Lipinski definition) is 3. The van der Waals surface area contributed by atoms with Crippen LogP contribution in [0.5, 0.6) is 11.5 Å². The zero-order chi connectivity index (χ0) is 16.9. The summed E-state index contributed by atoms with van der Waals surface area (Å²) in [6.07, 6.45) is 1.65. The zero-order valence-corrected chi connectivity index (χ0v) is 13.6. The first kappa shape index (κ1) is 15.9. The van der Waals surface area contributed by atoms with Crippen LogP contribution in [0.15, 0.2) is 36.5 Å². The van der Waals surface area contributed by atoms with Crippen molar-refractivity contribution in [1.82, 2.24) is 10.3 Å². The van der Waals surface area contributed by atoms with Crippen LogP contribution >= 0.6 is 0 Å². The third-order valence-corrected chi connectivity index (χ3v) is 3.26. The third-order valence-electron chi connectivity index (χ3n) is 3.26. The predicted molar refractivity (Wildman–Crippen MR) is 92.2 cm³/mol. The molecule has 3 rings (SSSR count). The van der Waals surface area contributed by atoms with Gasteiger partial charge in [0.25, 0.3) is 0 Å². The van der Waals surface area contributed by atoms with Crippen LogP contribution in [0.1, 0.15) is 13.8 Å². The van der Waals surface area contributed by atoms with Crippen LogP contribution in [-0.2, 0) is 0 Å². The number of benzene rings is 1. The molecule has 24 heavy (non-hydrogen) atoms. The molecule has 7 heteroatoms. The van der Waals surface area contributed by atoms with Gasteiger partial charge in [-0.15, -0.1) is 0 Å². The minimum atomic E-state index is -0.273. The molecule has 0 fully saturated rings. The molecule has 1 aliphatic heterocycles. The number of nitrogens with one attached hydrogen (secondary N) is 3. The highest BCUT2D eigenvalue weighted by Gasteiger charge is 2.11. The molecule has 1 aromatic heterocycles. The van der Waals surface area contributed by atoms with E-state index in [0.29, 0.717) is 19.0 Å². The number of rotatable bonds is 4. The van der Waals surface area contributed by atoms with Crippen molar-refractivity contribution in [1.29, 1.82) is 0 Å². The number of anilines is 3. The van der Waals surface area contributed by atoms with Crippen LogP contribution in [-0.4, -0.2) is 30.3 Å². The van der Waals surface area contributed by atoms with E-state index in [-0.39, 0.29) is 12.1 Å². The number of carbonyl (C=O) groups is 1. The smallest absolute Gasteiger partial charge is 0.320 e. The molecule has 0 atom stereocenters. The average molecular weight is 328 g/mol. The summed E-state index contributed by atoms with van der Waals surface area (Å²) in [6, 6.07) is 9.05. The molecule has 0 spiro atoms. The fourth-order valence-electron chi connectivity index (χ4n) is 2.24. The van der Waals surface area contributed by atoms with Gasteiger partial charge in [0, 0.05) is 17.8 Å². The molecular formula is C17H20N4O3. The number of aromatic nitrogens is 1. The second-order valence-corrected chi connectivity index (χ2v) is 5.67. The van der Waals surface area contributed by atoms with Crippen LogP contribution in [0.2, 0.25) is 0 Å². The lowest BCUT2D eigenvalue weighted by molar-refractivity contribution is 0.171. The average Bonchev–Trinajstić information content (AvgIpc) is 2.56. The third kappa shape index (κ3) is 4.07. The lowest BCUT2D eigenvalue weighted by atomic mass is 10.2. The highest BCUT2D eigenvalue weighted by atomic mass is 16.6. The van der Waals surface area contributed by atoms with Crippen LogP contribution < -0.4 is 25.4 Å². The SMILES string of the molecule is CC(C)NC(=O)Nc1ccc(Nc2ccc3c(c2)OCCO3)cn1. The predicted octanol–water partition coefficient (Wildman–Crippen LogP) is 3.13. The van der Waals surface area contributed by atoms with Crippen LogP contribution in [0.25, 0.3) is 0 Å². The van der Waals surface area contributed by atoms with Crippen molar-refractivity contribution in [2.24, 2.45) is 0 Å². The standard InChI is InChI=1S/C17H20N4O3/c1-11(2)19-17(22)21-16-6-4-13(10-18-16)20-12-3-5-14-15(9-12)24-8-7-23-14/h3-6,9-11,20H,7-8H2,1-2H3,(H2,18,19,21,22). The van der Waals surface area contributed by atoms with Crippen molar-refractivity contribution in [2.45, 2.75) is 19.9 Å². The Bertz CT molecular complexity index is 716. The normalized spacial score (nSPS) is 12.6. The topological polar surface area (TPSA) is 84.5 Å². The Labute approximate surface area is 140 Å². The number of fused-ring (bicyclic) bond motifs is 1. The highest BCUT2D eigenvalue weighted by molar-refractivity contribution is 5.88. The van der Waals surface area contributed by atoms with Gasteiger partial charge in [0.05, 0.1) is 11.9 Å². The van der Waals surface area contributed by atoms with Crippen molar-refractivity contribution in [3.8, 4) is 11.5 Å². The van der Waals surface area contributed by atoms with E-state index in [4.69, 9.17) is 9.47 Å². The van der Waals surface area contributed by atoms with Gasteiger partial charge in [-0.25, -0.2) is 9.78 Å². The summed E-state index contributed by atoms with van der Waals surface area (Å²) in [5.74, 6) is 1.96. The summed E-state index contributed by atoms with van der Waals surface area (Å²) >= 11 is 0. The number of pyridine rings is 1. The first-order valence-electron chi connectivity index (χ1n) is 7.80. The van der Waals surface area contributed by atoms with E-state index in [1.54, 1.807) is 12.3 Å². The largest absolute Gasteiger partial charge is 0.486 e. The number of amides is 2. The van der Waals surface area contributed by atoms with E-state index >= 15 is 0 Å². The van der Waals surface area contributed by atoms with E-state index in [1.165, 1.54) is 0 Å². The quantitative estimate of drug-likeness (QED) is 0.803. The molecule has 0 saturated carbocycles. The second kappa shape index (κ2) is 7.08. The lowest BCUT2D eigenvalue weighted by Crippen LogP contribution is -2.34. The fourth-order valence-corrected chi connectivity index (χ4v) is 2.24. The monoisotopic (exact) mass is 328 g/mol. The molecule has 0 aliphatic carbocycles. The Morgan fingerprint density at radius 3 is 2.54 bits per heavy atom. The van der Waals surface area contributed by atoms with Gasteiger partial charge in [-0.3, -0.25) is 5.32 Å². The van der Waals surface area contributed by atoms with Gasteiger partial charge in [-0.2, -0.15) is 0 Å². The lowest BCUT2D eigenvalue weighted by Gasteiger charge is -2.19. The highest BCUT2D eigenvalue weighted by Crippen LogP contribution is 2.33. The molecule has 0 saturated heterocycles. The van der Waals surface area contributed by atoms with E-state index in [2.05, 4.69) is 20.9 Å². The number of nitrogens with zero attached hydrogens (tertiary/aromatic N) is 1. The van der Waals surface area contributed by atoms with E-state index in [1.807, 2.05) is 38.1 Å². The molecule has 126 valence electrons. The van der Waals surface area contributed by atoms with Gasteiger partial charge in [0.2, 0.25) is 0 Å². The summed E-state index contributed by atoms with van der Waals surface area (Å²) in [5.41, 5.74) is 1.68.